The maximum absolute atomic E-state index is 12.1. The first-order valence-corrected chi connectivity index (χ1v) is 7.60. The predicted molar refractivity (Wildman–Crippen MR) is 76.9 cm³/mol. The Balaban J connectivity index is 2.05. The Morgan fingerprint density at radius 2 is 2.24 bits per heavy atom. The van der Waals surface area contributed by atoms with E-state index in [0.717, 1.165) is 14.2 Å². The topological polar surface area (TPSA) is 20.3 Å². The minimum absolute atomic E-state index is 0.0884. The van der Waals surface area contributed by atoms with Crippen molar-refractivity contribution < 1.29 is 4.79 Å². The number of carbonyl (C=O) groups excluding carboxylic acids is 1. The van der Waals surface area contributed by atoms with Crippen LogP contribution in [0, 0.1) is 6.92 Å². The van der Waals surface area contributed by atoms with E-state index >= 15 is 0 Å². The summed E-state index contributed by atoms with van der Waals surface area (Å²) in [6.45, 7) is 2.66. The van der Waals surface area contributed by atoms with E-state index in [-0.39, 0.29) is 5.91 Å². The van der Waals surface area contributed by atoms with Gasteiger partial charge in [-0.05, 0) is 52.0 Å². The van der Waals surface area contributed by atoms with E-state index < -0.39 is 0 Å². The van der Waals surface area contributed by atoms with Crippen LogP contribution in [0.4, 0.5) is 0 Å². The van der Waals surface area contributed by atoms with E-state index in [0.29, 0.717) is 6.54 Å². The average Bonchev–Trinajstić information content (AvgIpc) is 2.87. The zero-order valence-electron chi connectivity index (χ0n) is 9.57. The Bertz CT molecular complexity index is 532. The summed E-state index contributed by atoms with van der Waals surface area (Å²) in [5, 5.41) is 2.06. The number of carbonyl (C=O) groups is 1. The van der Waals surface area contributed by atoms with Gasteiger partial charge in [-0.1, -0.05) is 0 Å². The van der Waals surface area contributed by atoms with Gasteiger partial charge in [0.2, 0.25) is 0 Å². The number of amides is 1. The van der Waals surface area contributed by atoms with E-state index in [2.05, 4.69) is 21.3 Å². The highest BCUT2D eigenvalue weighted by atomic mass is 79.9. The lowest BCUT2D eigenvalue weighted by Gasteiger charge is -2.15. The molecule has 2 heterocycles. The first kappa shape index (κ1) is 12.8. The average molecular weight is 330 g/mol. The molecule has 0 N–H and O–H groups in total. The quantitative estimate of drug-likeness (QED) is 0.828. The normalized spacial score (nSPS) is 10.5. The minimum atomic E-state index is 0.0884. The molecular formula is C12H12BrNOS2. The lowest BCUT2D eigenvalue weighted by Crippen LogP contribution is -2.25. The van der Waals surface area contributed by atoms with Crippen LogP contribution < -0.4 is 0 Å². The summed E-state index contributed by atoms with van der Waals surface area (Å²) in [6.07, 6.45) is 0. The molecule has 2 rings (SSSR count). The molecule has 0 fully saturated rings. The summed E-state index contributed by atoms with van der Waals surface area (Å²) in [6, 6.07) is 5.92. The maximum atomic E-state index is 12.1. The van der Waals surface area contributed by atoms with Gasteiger partial charge in [0.1, 0.15) is 0 Å². The molecule has 2 nitrogen and oxygen atoms in total. The second-order valence-electron chi connectivity index (χ2n) is 3.83. The lowest BCUT2D eigenvalue weighted by atomic mass is 10.3. The van der Waals surface area contributed by atoms with Crippen LogP contribution in [0.2, 0.25) is 0 Å². The highest BCUT2D eigenvalue weighted by Crippen LogP contribution is 2.23. The Hall–Kier alpha value is -0.650. The Labute approximate surface area is 117 Å². The fourth-order valence-corrected chi connectivity index (χ4v) is 3.57. The van der Waals surface area contributed by atoms with Crippen molar-refractivity contribution in [1.29, 1.82) is 0 Å². The van der Waals surface area contributed by atoms with Gasteiger partial charge in [0.15, 0.2) is 0 Å². The molecule has 2 aromatic rings. The Kier molecular flexibility index (Phi) is 4.01. The van der Waals surface area contributed by atoms with Crippen molar-refractivity contribution in [3.63, 3.8) is 0 Å². The Morgan fingerprint density at radius 3 is 2.76 bits per heavy atom. The molecular weight excluding hydrogens is 318 g/mol. The van der Waals surface area contributed by atoms with Gasteiger partial charge in [-0.25, -0.2) is 0 Å². The van der Waals surface area contributed by atoms with Gasteiger partial charge >= 0.3 is 0 Å². The number of aryl methyl sites for hydroxylation is 1. The smallest absolute Gasteiger partial charge is 0.263 e. The summed E-state index contributed by atoms with van der Waals surface area (Å²) < 4.78 is 1.10. The number of halogens is 1. The van der Waals surface area contributed by atoms with Crippen LogP contribution in [0.15, 0.2) is 27.4 Å². The van der Waals surface area contributed by atoms with Crippen LogP contribution >= 0.6 is 38.6 Å². The number of hydrogen-bond acceptors (Lipinski definition) is 3. The molecule has 1 amide bonds. The van der Waals surface area contributed by atoms with Crippen LogP contribution in [-0.4, -0.2) is 17.9 Å². The van der Waals surface area contributed by atoms with Gasteiger partial charge in [-0.3, -0.25) is 4.79 Å². The number of thiophene rings is 2. The van der Waals surface area contributed by atoms with Crippen molar-refractivity contribution in [1.82, 2.24) is 4.90 Å². The van der Waals surface area contributed by atoms with Crippen LogP contribution in [0.25, 0.3) is 0 Å². The van der Waals surface area contributed by atoms with Crippen LogP contribution in [0.5, 0.6) is 0 Å². The number of nitrogens with zero attached hydrogens (tertiary/aromatic N) is 1. The van der Waals surface area contributed by atoms with E-state index in [9.17, 15) is 4.79 Å². The molecule has 0 radical (unpaired) electrons. The van der Waals surface area contributed by atoms with Crippen molar-refractivity contribution in [3.05, 3.63) is 42.7 Å². The van der Waals surface area contributed by atoms with E-state index in [1.807, 2.05) is 32.2 Å². The standard InChI is InChI=1S/C12H12BrNOS2/c1-8-3-4-10(17-8)12(15)14(2)6-9-5-11(13)16-7-9/h3-5,7H,6H2,1-2H3. The largest absolute Gasteiger partial charge is 0.337 e. The molecule has 2 aromatic heterocycles. The van der Waals surface area contributed by atoms with Crippen LogP contribution in [0.1, 0.15) is 20.1 Å². The molecule has 0 saturated carbocycles. The molecule has 0 spiro atoms. The highest BCUT2D eigenvalue weighted by molar-refractivity contribution is 9.11. The Morgan fingerprint density at radius 1 is 1.47 bits per heavy atom. The summed E-state index contributed by atoms with van der Waals surface area (Å²) in [7, 11) is 1.84. The summed E-state index contributed by atoms with van der Waals surface area (Å²) in [5.74, 6) is 0.0884. The summed E-state index contributed by atoms with van der Waals surface area (Å²) >= 11 is 6.61. The molecule has 0 aliphatic rings. The van der Waals surface area contributed by atoms with Gasteiger partial charge < -0.3 is 4.90 Å². The predicted octanol–water partition coefficient (Wildman–Crippen LogP) is 4.15. The molecule has 90 valence electrons. The van der Waals surface area contributed by atoms with E-state index in [1.165, 1.54) is 4.88 Å². The molecule has 0 unspecified atom stereocenters. The molecule has 5 heteroatoms. The van der Waals surface area contributed by atoms with E-state index in [4.69, 9.17) is 0 Å². The third kappa shape index (κ3) is 3.18. The van der Waals surface area contributed by atoms with Gasteiger partial charge in [0.25, 0.3) is 5.91 Å². The van der Waals surface area contributed by atoms with Crippen molar-refractivity contribution >= 4 is 44.5 Å². The second-order valence-corrected chi connectivity index (χ2v) is 7.41. The summed E-state index contributed by atoms with van der Waals surface area (Å²) in [4.78, 5) is 15.8. The van der Waals surface area contributed by atoms with Gasteiger partial charge in [0, 0.05) is 18.5 Å². The molecule has 17 heavy (non-hydrogen) atoms. The lowest BCUT2D eigenvalue weighted by molar-refractivity contribution is 0.0790. The van der Waals surface area contributed by atoms with Crippen molar-refractivity contribution in [3.8, 4) is 0 Å². The zero-order chi connectivity index (χ0) is 12.4. The van der Waals surface area contributed by atoms with Gasteiger partial charge in [-0.15, -0.1) is 22.7 Å². The molecule has 0 atom stereocenters. The summed E-state index contributed by atoms with van der Waals surface area (Å²) in [5.41, 5.74) is 1.16. The molecule has 0 aromatic carbocycles. The first-order valence-electron chi connectivity index (χ1n) is 5.11. The van der Waals surface area contributed by atoms with Crippen LogP contribution in [-0.2, 0) is 6.54 Å². The minimum Gasteiger partial charge on any atom is -0.337 e. The number of hydrogen-bond donors (Lipinski definition) is 0. The van der Waals surface area contributed by atoms with Crippen molar-refractivity contribution in [2.45, 2.75) is 13.5 Å². The fraction of sp³-hybridized carbons (Fsp3) is 0.250. The third-order valence-corrected chi connectivity index (χ3v) is 4.88. The zero-order valence-corrected chi connectivity index (χ0v) is 12.8. The number of rotatable bonds is 3. The highest BCUT2D eigenvalue weighted by Gasteiger charge is 2.14. The first-order chi connectivity index (χ1) is 8.06. The van der Waals surface area contributed by atoms with Gasteiger partial charge in [0.05, 0.1) is 8.66 Å². The second kappa shape index (κ2) is 5.33. The third-order valence-electron chi connectivity index (χ3n) is 2.34. The fourth-order valence-electron chi connectivity index (χ4n) is 1.51. The van der Waals surface area contributed by atoms with Crippen molar-refractivity contribution in [2.24, 2.45) is 0 Å². The molecule has 0 bridgehead atoms. The monoisotopic (exact) mass is 329 g/mol. The molecule has 0 aliphatic heterocycles. The molecule has 0 saturated heterocycles. The SMILES string of the molecule is Cc1ccc(C(=O)N(C)Cc2csc(Br)c2)s1. The maximum Gasteiger partial charge on any atom is 0.263 e. The molecule has 0 aliphatic carbocycles. The van der Waals surface area contributed by atoms with Gasteiger partial charge in [-0.2, -0.15) is 0 Å². The van der Waals surface area contributed by atoms with Crippen molar-refractivity contribution in [2.75, 3.05) is 7.05 Å². The van der Waals surface area contributed by atoms with E-state index in [1.54, 1.807) is 27.6 Å². The van der Waals surface area contributed by atoms with Crippen LogP contribution in [0.3, 0.4) is 0 Å².